The summed E-state index contributed by atoms with van der Waals surface area (Å²) in [6, 6.07) is 34.1. The minimum Gasteiger partial charge on any atom is -0.488 e. The molecule has 0 aliphatic carbocycles. The van der Waals surface area contributed by atoms with Gasteiger partial charge in [0.15, 0.2) is 5.17 Å². The number of nitrogens with zero attached hydrogens (tertiary/aromatic N) is 2. The molecule has 40 heavy (non-hydrogen) atoms. The lowest BCUT2D eigenvalue weighted by Crippen LogP contribution is -2.30. The molecule has 1 heterocycles. The molecule has 5 rings (SSSR count). The van der Waals surface area contributed by atoms with E-state index in [9.17, 15) is 9.59 Å². The number of carbonyl (C=O) groups excluding carboxylic acids is 1. The Morgan fingerprint density at radius 3 is 2.25 bits per heavy atom. The first-order valence-electron chi connectivity index (χ1n) is 13.0. The lowest BCUT2D eigenvalue weighted by Gasteiger charge is -2.15. The molecule has 1 amide bonds. The van der Waals surface area contributed by atoms with Crippen LogP contribution in [-0.2, 0) is 17.8 Å². The largest absolute Gasteiger partial charge is 0.488 e. The molecule has 0 saturated carbocycles. The van der Waals surface area contributed by atoms with Gasteiger partial charge >= 0.3 is 5.97 Å². The molecule has 0 radical (unpaired) electrons. The monoisotopic (exact) mass is 548 g/mol. The van der Waals surface area contributed by atoms with Crippen LogP contribution in [0.25, 0.3) is 6.08 Å². The third kappa shape index (κ3) is 6.87. The first-order chi connectivity index (χ1) is 19.6. The van der Waals surface area contributed by atoms with Crippen LogP contribution in [0, 0.1) is 0 Å². The third-order valence-corrected chi connectivity index (χ3v) is 7.37. The number of amidine groups is 1. The number of para-hydroxylation sites is 2. The molecular formula is C33H28N2O4S. The maximum Gasteiger partial charge on any atom is 0.335 e. The van der Waals surface area contributed by atoms with Crippen molar-refractivity contribution in [2.75, 3.05) is 6.54 Å². The summed E-state index contributed by atoms with van der Waals surface area (Å²) in [5.41, 5.74) is 3.89. The van der Waals surface area contributed by atoms with E-state index < -0.39 is 5.97 Å². The maximum atomic E-state index is 13.6. The normalized spacial score (nSPS) is 15.1. The Labute approximate surface area is 237 Å². The van der Waals surface area contributed by atoms with Gasteiger partial charge in [-0.2, -0.15) is 0 Å². The van der Waals surface area contributed by atoms with Gasteiger partial charge in [0.1, 0.15) is 12.4 Å². The van der Waals surface area contributed by atoms with Gasteiger partial charge in [-0.25, -0.2) is 9.79 Å². The first-order valence-corrected chi connectivity index (χ1v) is 13.8. The van der Waals surface area contributed by atoms with Gasteiger partial charge in [-0.3, -0.25) is 9.69 Å². The highest BCUT2D eigenvalue weighted by Crippen LogP contribution is 2.36. The first kappa shape index (κ1) is 27.0. The van der Waals surface area contributed by atoms with Crippen molar-refractivity contribution >= 4 is 40.6 Å². The molecule has 4 aromatic rings. The van der Waals surface area contributed by atoms with E-state index in [1.807, 2.05) is 78.9 Å². The van der Waals surface area contributed by atoms with Crippen molar-refractivity contribution in [3.8, 4) is 5.75 Å². The molecule has 200 valence electrons. The van der Waals surface area contributed by atoms with E-state index in [2.05, 4.69) is 12.1 Å². The number of carbonyl (C=O) groups is 2. The minimum atomic E-state index is -0.965. The van der Waals surface area contributed by atoms with Crippen LogP contribution >= 0.6 is 11.8 Å². The number of hydrogen-bond acceptors (Lipinski definition) is 5. The number of amides is 1. The molecule has 4 aromatic carbocycles. The topological polar surface area (TPSA) is 79.2 Å². The number of aryl methyl sites for hydroxylation is 1. The van der Waals surface area contributed by atoms with Crippen molar-refractivity contribution in [3.05, 3.63) is 136 Å². The summed E-state index contributed by atoms with van der Waals surface area (Å²) in [5.74, 6) is -0.408. The Kier molecular flexibility index (Phi) is 8.73. The highest BCUT2D eigenvalue weighted by molar-refractivity contribution is 8.18. The number of aliphatic imine (C=N–C) groups is 1. The molecule has 0 aromatic heterocycles. The maximum absolute atomic E-state index is 13.6. The summed E-state index contributed by atoms with van der Waals surface area (Å²) in [6.07, 6.45) is 3.54. The van der Waals surface area contributed by atoms with E-state index in [1.54, 1.807) is 29.2 Å². The summed E-state index contributed by atoms with van der Waals surface area (Å²) in [4.78, 5) is 31.9. The van der Waals surface area contributed by atoms with Gasteiger partial charge in [0.05, 0.1) is 16.2 Å². The standard InChI is InChI=1S/C33H28N2O4S/c36-31-30(22-27-13-7-8-16-29(27)39-23-25-17-19-26(20-18-25)32(37)38)40-33(34-28-14-5-2-6-15-28)35(31)21-9-12-24-10-3-1-4-11-24/h1-8,10-11,13-20,22H,9,12,21,23H2,(H,37,38)/b30-22-,34-33?. The lowest BCUT2D eigenvalue weighted by atomic mass is 10.1. The molecular weight excluding hydrogens is 520 g/mol. The smallest absolute Gasteiger partial charge is 0.335 e. The number of carboxylic acid groups (broad SMARTS) is 1. The van der Waals surface area contributed by atoms with E-state index in [-0.39, 0.29) is 18.1 Å². The summed E-state index contributed by atoms with van der Waals surface area (Å²) in [7, 11) is 0. The van der Waals surface area contributed by atoms with E-state index in [1.165, 1.54) is 17.3 Å². The van der Waals surface area contributed by atoms with Crippen molar-refractivity contribution in [1.29, 1.82) is 0 Å². The fraction of sp³-hybridized carbons (Fsp3) is 0.121. The van der Waals surface area contributed by atoms with Gasteiger partial charge in [-0.15, -0.1) is 0 Å². The highest BCUT2D eigenvalue weighted by Gasteiger charge is 2.33. The van der Waals surface area contributed by atoms with E-state index in [4.69, 9.17) is 14.8 Å². The molecule has 1 saturated heterocycles. The Hall–Kier alpha value is -4.62. The van der Waals surface area contributed by atoms with Crippen molar-refractivity contribution in [2.24, 2.45) is 4.99 Å². The molecule has 1 fully saturated rings. The number of hydrogen-bond donors (Lipinski definition) is 1. The van der Waals surface area contributed by atoms with E-state index in [0.717, 1.165) is 29.7 Å². The summed E-state index contributed by atoms with van der Waals surface area (Å²) >= 11 is 1.37. The Morgan fingerprint density at radius 1 is 0.850 bits per heavy atom. The van der Waals surface area contributed by atoms with Crippen LogP contribution in [0.4, 0.5) is 5.69 Å². The second-order valence-electron chi connectivity index (χ2n) is 9.22. The number of aromatic carboxylic acids is 1. The average molecular weight is 549 g/mol. The predicted molar refractivity (Wildman–Crippen MR) is 160 cm³/mol. The summed E-state index contributed by atoms with van der Waals surface area (Å²) < 4.78 is 6.08. The molecule has 0 spiro atoms. The Bertz CT molecular complexity index is 1530. The molecule has 0 unspecified atom stereocenters. The van der Waals surface area contributed by atoms with E-state index in [0.29, 0.717) is 22.4 Å². The van der Waals surface area contributed by atoms with Crippen molar-refractivity contribution in [2.45, 2.75) is 19.4 Å². The second kappa shape index (κ2) is 13.0. The van der Waals surface area contributed by atoms with Gasteiger partial charge in [-0.1, -0.05) is 78.9 Å². The number of benzene rings is 4. The average Bonchev–Trinajstić information content (AvgIpc) is 3.27. The van der Waals surface area contributed by atoms with Crippen LogP contribution in [0.2, 0.25) is 0 Å². The molecule has 0 atom stereocenters. The zero-order valence-corrected chi connectivity index (χ0v) is 22.6. The number of rotatable bonds is 10. The highest BCUT2D eigenvalue weighted by atomic mass is 32.2. The van der Waals surface area contributed by atoms with Gasteiger partial charge in [0.2, 0.25) is 0 Å². The minimum absolute atomic E-state index is 0.0770. The van der Waals surface area contributed by atoms with E-state index >= 15 is 0 Å². The fourth-order valence-electron chi connectivity index (χ4n) is 4.26. The lowest BCUT2D eigenvalue weighted by molar-refractivity contribution is -0.122. The number of ether oxygens (including phenoxy) is 1. The molecule has 7 heteroatoms. The zero-order chi connectivity index (χ0) is 27.7. The summed E-state index contributed by atoms with van der Waals surface area (Å²) in [5, 5.41) is 9.78. The zero-order valence-electron chi connectivity index (χ0n) is 21.8. The van der Waals surface area contributed by atoms with Crippen LogP contribution in [0.3, 0.4) is 0 Å². The number of carboxylic acids is 1. The van der Waals surface area contributed by atoms with Crippen LogP contribution in [0.1, 0.15) is 33.5 Å². The molecule has 6 nitrogen and oxygen atoms in total. The Balaban J connectivity index is 1.35. The summed E-state index contributed by atoms with van der Waals surface area (Å²) in [6.45, 7) is 0.835. The van der Waals surface area contributed by atoms with Gasteiger partial charge in [0.25, 0.3) is 5.91 Å². The predicted octanol–water partition coefficient (Wildman–Crippen LogP) is 7.20. The Morgan fingerprint density at radius 2 is 1.52 bits per heavy atom. The van der Waals surface area contributed by atoms with Gasteiger partial charge < -0.3 is 9.84 Å². The van der Waals surface area contributed by atoms with Crippen molar-refractivity contribution in [3.63, 3.8) is 0 Å². The van der Waals surface area contributed by atoms with Gasteiger partial charge in [-0.05, 0) is 72.1 Å². The van der Waals surface area contributed by atoms with Crippen LogP contribution < -0.4 is 4.74 Å². The molecule has 0 bridgehead atoms. The SMILES string of the molecule is O=C(O)c1ccc(COc2ccccc2/C=C2\SC(=Nc3ccccc3)N(CCCc3ccccc3)C2=O)cc1. The van der Waals surface area contributed by atoms with Crippen LogP contribution in [-0.4, -0.2) is 33.6 Å². The molecule has 1 aliphatic heterocycles. The van der Waals surface area contributed by atoms with Crippen molar-refractivity contribution in [1.82, 2.24) is 4.90 Å². The van der Waals surface area contributed by atoms with Crippen molar-refractivity contribution < 1.29 is 19.4 Å². The van der Waals surface area contributed by atoms with Gasteiger partial charge in [0, 0.05) is 12.1 Å². The second-order valence-corrected chi connectivity index (χ2v) is 10.2. The third-order valence-electron chi connectivity index (χ3n) is 6.36. The molecule has 1 aliphatic rings. The quantitative estimate of drug-likeness (QED) is 0.212. The number of thioether (sulfide) groups is 1. The fourth-order valence-corrected chi connectivity index (χ4v) is 5.28. The molecule has 1 N–H and O–H groups in total. The van der Waals surface area contributed by atoms with Crippen LogP contribution in [0.15, 0.2) is 119 Å². The van der Waals surface area contributed by atoms with Crippen LogP contribution in [0.5, 0.6) is 5.75 Å².